The van der Waals surface area contributed by atoms with Gasteiger partial charge in [0.25, 0.3) is 0 Å². The van der Waals surface area contributed by atoms with Crippen LogP contribution in [0.3, 0.4) is 0 Å². The molecule has 0 fully saturated rings. The summed E-state index contributed by atoms with van der Waals surface area (Å²) in [6.07, 6.45) is 0. The van der Waals surface area contributed by atoms with Crippen molar-refractivity contribution in [2.24, 2.45) is 0 Å². The summed E-state index contributed by atoms with van der Waals surface area (Å²) in [5.41, 5.74) is 2.25. The van der Waals surface area contributed by atoms with Gasteiger partial charge >= 0.3 is 0 Å². The Labute approximate surface area is 141 Å². The Balaban J connectivity index is 1.89. The molecule has 1 N–H and O–H groups in total. The molecule has 116 valence electrons. The Morgan fingerprint density at radius 1 is 1.13 bits per heavy atom. The lowest BCUT2D eigenvalue weighted by Gasteiger charge is -2.24. The highest BCUT2D eigenvalue weighted by Gasteiger charge is 2.10. The predicted molar refractivity (Wildman–Crippen MR) is 99.0 cm³/mol. The van der Waals surface area contributed by atoms with Crippen molar-refractivity contribution in [3.63, 3.8) is 0 Å². The first-order valence-electron chi connectivity index (χ1n) is 7.71. The molecule has 0 unspecified atom stereocenters. The van der Waals surface area contributed by atoms with Gasteiger partial charge in [0.05, 0.1) is 6.54 Å². The van der Waals surface area contributed by atoms with Crippen LogP contribution in [0.1, 0.15) is 17.4 Å². The van der Waals surface area contributed by atoms with Crippen molar-refractivity contribution in [3.8, 4) is 11.8 Å². The molecule has 0 aliphatic carbocycles. The van der Waals surface area contributed by atoms with Gasteiger partial charge in [0.1, 0.15) is 6.61 Å². The van der Waals surface area contributed by atoms with E-state index in [2.05, 4.69) is 77.6 Å². The van der Waals surface area contributed by atoms with Gasteiger partial charge in [-0.25, -0.2) is 0 Å². The molecule has 2 aromatic carbocycles. The van der Waals surface area contributed by atoms with Crippen molar-refractivity contribution in [3.05, 3.63) is 64.4 Å². The summed E-state index contributed by atoms with van der Waals surface area (Å²) >= 11 is 1.72. The molecule has 1 aromatic heterocycles. The van der Waals surface area contributed by atoms with E-state index in [1.807, 2.05) is 0 Å². The zero-order valence-corrected chi connectivity index (χ0v) is 13.9. The van der Waals surface area contributed by atoms with Gasteiger partial charge in [-0.3, -0.25) is 0 Å². The molecule has 3 heteroatoms. The van der Waals surface area contributed by atoms with Crippen LogP contribution < -0.4 is 4.90 Å². The molecule has 0 bridgehead atoms. The van der Waals surface area contributed by atoms with E-state index in [9.17, 15) is 0 Å². The van der Waals surface area contributed by atoms with E-state index >= 15 is 0 Å². The Morgan fingerprint density at radius 3 is 2.78 bits per heavy atom. The maximum Gasteiger partial charge on any atom is 0.104 e. The smallest absolute Gasteiger partial charge is 0.104 e. The number of thiophene rings is 1. The Bertz CT molecular complexity index is 851. The lowest BCUT2D eigenvalue weighted by Crippen LogP contribution is -2.21. The maximum absolute atomic E-state index is 8.79. The highest BCUT2D eigenvalue weighted by atomic mass is 32.1. The third-order valence-electron chi connectivity index (χ3n) is 3.80. The highest BCUT2D eigenvalue weighted by molar-refractivity contribution is 7.10. The molecule has 0 radical (unpaired) electrons. The second-order valence-corrected chi connectivity index (χ2v) is 6.27. The first-order valence-corrected chi connectivity index (χ1v) is 8.59. The van der Waals surface area contributed by atoms with Crippen molar-refractivity contribution >= 4 is 27.8 Å². The number of benzene rings is 2. The fraction of sp³-hybridized carbons (Fsp3) is 0.200. The van der Waals surface area contributed by atoms with Crippen molar-refractivity contribution in [1.82, 2.24) is 0 Å². The number of rotatable bonds is 4. The molecule has 0 atom stereocenters. The van der Waals surface area contributed by atoms with E-state index < -0.39 is 0 Å². The van der Waals surface area contributed by atoms with E-state index in [1.165, 1.54) is 21.3 Å². The number of nitrogens with zero attached hydrogens (tertiary/aromatic N) is 1. The lowest BCUT2D eigenvalue weighted by atomic mass is 10.1. The van der Waals surface area contributed by atoms with Crippen LogP contribution in [0, 0.1) is 11.8 Å². The Morgan fingerprint density at radius 2 is 1.96 bits per heavy atom. The zero-order chi connectivity index (χ0) is 16.1. The van der Waals surface area contributed by atoms with Gasteiger partial charge in [0.15, 0.2) is 0 Å². The average molecular weight is 321 g/mol. The number of hydrogen-bond donors (Lipinski definition) is 1. The fourth-order valence-corrected chi connectivity index (χ4v) is 3.54. The molecule has 0 saturated heterocycles. The van der Waals surface area contributed by atoms with E-state index in [4.69, 9.17) is 5.11 Å². The first kappa shape index (κ1) is 15.6. The molecule has 23 heavy (non-hydrogen) atoms. The van der Waals surface area contributed by atoms with Crippen LogP contribution in [-0.2, 0) is 6.54 Å². The average Bonchev–Trinajstić information content (AvgIpc) is 3.05. The van der Waals surface area contributed by atoms with E-state index in [1.54, 1.807) is 11.3 Å². The van der Waals surface area contributed by atoms with Gasteiger partial charge in [0, 0.05) is 33.4 Å². The second kappa shape index (κ2) is 7.32. The van der Waals surface area contributed by atoms with Gasteiger partial charge < -0.3 is 10.0 Å². The molecule has 3 rings (SSSR count). The quantitative estimate of drug-likeness (QED) is 0.725. The van der Waals surface area contributed by atoms with Gasteiger partial charge in [0.2, 0.25) is 0 Å². The highest BCUT2D eigenvalue weighted by Crippen LogP contribution is 2.28. The zero-order valence-electron chi connectivity index (χ0n) is 13.1. The number of aliphatic hydroxyl groups excluding tert-OH is 1. The Kier molecular flexibility index (Phi) is 4.97. The van der Waals surface area contributed by atoms with Gasteiger partial charge in [-0.1, -0.05) is 48.2 Å². The molecular formula is C20H19NOS. The minimum absolute atomic E-state index is 0.0950. The summed E-state index contributed by atoms with van der Waals surface area (Å²) in [6, 6.07) is 17.1. The van der Waals surface area contributed by atoms with Crippen LogP contribution >= 0.6 is 11.3 Å². The number of hydrogen-bond acceptors (Lipinski definition) is 3. The van der Waals surface area contributed by atoms with Gasteiger partial charge in [-0.2, -0.15) is 0 Å². The second-order valence-electron chi connectivity index (χ2n) is 5.27. The normalized spacial score (nSPS) is 10.3. The SMILES string of the molecule is CCN(Cc1cc(C#CCO)cs1)c1cccc2ccccc12. The van der Waals surface area contributed by atoms with E-state index in [-0.39, 0.29) is 6.61 Å². The van der Waals surface area contributed by atoms with Gasteiger partial charge in [-0.05, 0) is 24.4 Å². The fourth-order valence-electron chi connectivity index (χ4n) is 2.71. The lowest BCUT2D eigenvalue weighted by molar-refractivity contribution is 0.350. The summed E-state index contributed by atoms with van der Waals surface area (Å²) in [5.74, 6) is 5.67. The monoisotopic (exact) mass is 321 g/mol. The molecule has 3 aromatic rings. The number of aliphatic hydroxyl groups is 1. The largest absolute Gasteiger partial charge is 0.384 e. The van der Waals surface area contributed by atoms with Crippen molar-refractivity contribution in [2.45, 2.75) is 13.5 Å². The standard InChI is InChI=1S/C20H19NOS/c1-2-21(14-18-13-16(15-23-18)7-6-12-22)20-11-5-9-17-8-3-4-10-19(17)20/h3-5,8-11,13,15,22H,2,12,14H2,1H3. The third kappa shape index (κ3) is 3.56. The van der Waals surface area contributed by atoms with Crippen molar-refractivity contribution < 1.29 is 5.11 Å². The minimum Gasteiger partial charge on any atom is -0.384 e. The molecule has 0 spiro atoms. The van der Waals surface area contributed by atoms with Crippen molar-refractivity contribution in [1.29, 1.82) is 0 Å². The molecule has 0 aliphatic heterocycles. The van der Waals surface area contributed by atoms with Crippen LogP contribution in [0.25, 0.3) is 10.8 Å². The molecule has 1 heterocycles. The third-order valence-corrected chi connectivity index (χ3v) is 4.72. The number of fused-ring (bicyclic) bond motifs is 1. The molecule has 0 amide bonds. The van der Waals surface area contributed by atoms with Crippen LogP contribution in [-0.4, -0.2) is 18.3 Å². The molecular weight excluding hydrogens is 302 g/mol. The van der Waals surface area contributed by atoms with E-state index in [0.717, 1.165) is 18.7 Å². The predicted octanol–water partition coefficient (Wildman–Crippen LogP) is 4.27. The van der Waals surface area contributed by atoms with Crippen LogP contribution in [0.15, 0.2) is 53.9 Å². The van der Waals surface area contributed by atoms with Crippen LogP contribution in [0.5, 0.6) is 0 Å². The van der Waals surface area contributed by atoms with Crippen molar-refractivity contribution in [2.75, 3.05) is 18.1 Å². The summed E-state index contributed by atoms with van der Waals surface area (Å²) in [5, 5.41) is 13.4. The maximum atomic E-state index is 8.79. The van der Waals surface area contributed by atoms with Crippen LogP contribution in [0.4, 0.5) is 5.69 Å². The molecule has 0 aliphatic rings. The summed E-state index contributed by atoms with van der Waals surface area (Å²) in [4.78, 5) is 3.67. The number of anilines is 1. The van der Waals surface area contributed by atoms with Crippen LogP contribution in [0.2, 0.25) is 0 Å². The topological polar surface area (TPSA) is 23.5 Å². The molecule has 0 saturated carbocycles. The van der Waals surface area contributed by atoms with Gasteiger partial charge in [-0.15, -0.1) is 11.3 Å². The van der Waals surface area contributed by atoms with E-state index in [0.29, 0.717) is 0 Å². The molecule has 2 nitrogen and oxygen atoms in total. The summed E-state index contributed by atoms with van der Waals surface area (Å²) < 4.78 is 0. The minimum atomic E-state index is -0.0950. The Hall–Kier alpha value is -2.28. The first-order chi connectivity index (χ1) is 11.3. The summed E-state index contributed by atoms with van der Waals surface area (Å²) in [6.45, 7) is 3.91. The summed E-state index contributed by atoms with van der Waals surface area (Å²) in [7, 11) is 0.